The van der Waals surface area contributed by atoms with E-state index in [2.05, 4.69) is 13.8 Å². The molecule has 0 aromatic rings. The van der Waals surface area contributed by atoms with Gasteiger partial charge in [0.25, 0.3) is 0 Å². The van der Waals surface area contributed by atoms with Gasteiger partial charge in [-0.15, -0.1) is 0 Å². The molecule has 2 atom stereocenters. The number of hydrogen-bond acceptors (Lipinski definition) is 2. The van der Waals surface area contributed by atoms with Crippen LogP contribution in [0, 0.1) is 5.92 Å². The maximum atomic E-state index is 11.4. The zero-order valence-corrected chi connectivity index (χ0v) is 8.04. The summed E-state index contributed by atoms with van der Waals surface area (Å²) in [5, 5.41) is 0. The largest absolute Gasteiger partial charge is 0.383 e. The Morgan fingerprint density at radius 2 is 2.25 bits per heavy atom. The highest BCUT2D eigenvalue weighted by Crippen LogP contribution is 2.23. The third kappa shape index (κ3) is 1.78. The van der Waals surface area contributed by atoms with Gasteiger partial charge in [-0.3, -0.25) is 4.79 Å². The van der Waals surface area contributed by atoms with Crippen molar-refractivity contribution < 1.29 is 9.53 Å². The molecule has 0 aromatic carbocycles. The lowest BCUT2D eigenvalue weighted by molar-refractivity contribution is -0.129. The molecule has 1 aliphatic heterocycles. The van der Waals surface area contributed by atoms with E-state index in [4.69, 9.17) is 4.74 Å². The molecule has 3 nitrogen and oxygen atoms in total. The average molecular weight is 171 g/mol. The van der Waals surface area contributed by atoms with E-state index in [1.165, 1.54) is 0 Å². The molecule has 0 N–H and O–H groups in total. The first-order chi connectivity index (χ1) is 5.66. The van der Waals surface area contributed by atoms with Gasteiger partial charge in [0.15, 0.2) is 0 Å². The van der Waals surface area contributed by atoms with Crippen LogP contribution in [0.15, 0.2) is 0 Å². The van der Waals surface area contributed by atoms with Gasteiger partial charge in [-0.1, -0.05) is 6.92 Å². The number of nitrogens with zero attached hydrogens (tertiary/aromatic N) is 1. The van der Waals surface area contributed by atoms with Crippen molar-refractivity contribution in [3.8, 4) is 0 Å². The minimum atomic E-state index is 0.270. The van der Waals surface area contributed by atoms with Gasteiger partial charge in [0, 0.05) is 26.1 Å². The Balaban J connectivity index is 2.46. The number of carbonyl (C=O) groups is 1. The second-order valence-electron chi connectivity index (χ2n) is 3.50. The maximum Gasteiger partial charge on any atom is 0.223 e. The molecule has 0 saturated carbocycles. The van der Waals surface area contributed by atoms with Crippen molar-refractivity contribution in [3.05, 3.63) is 0 Å². The Morgan fingerprint density at radius 3 is 2.67 bits per heavy atom. The number of likely N-dealkylation sites (tertiary alicyclic amines) is 1. The van der Waals surface area contributed by atoms with E-state index < -0.39 is 0 Å². The highest BCUT2D eigenvalue weighted by molar-refractivity contribution is 5.79. The zero-order valence-electron chi connectivity index (χ0n) is 8.04. The van der Waals surface area contributed by atoms with Crippen LogP contribution in [0.3, 0.4) is 0 Å². The van der Waals surface area contributed by atoms with E-state index in [9.17, 15) is 4.79 Å². The Kier molecular flexibility index (Phi) is 3.09. The summed E-state index contributed by atoms with van der Waals surface area (Å²) >= 11 is 0. The minimum Gasteiger partial charge on any atom is -0.383 e. The highest BCUT2D eigenvalue weighted by atomic mass is 16.5. The van der Waals surface area contributed by atoms with E-state index in [0.717, 1.165) is 6.54 Å². The van der Waals surface area contributed by atoms with Crippen LogP contribution in [0.2, 0.25) is 0 Å². The molecule has 0 aliphatic carbocycles. The minimum absolute atomic E-state index is 0.270. The number of hydrogen-bond donors (Lipinski definition) is 0. The van der Waals surface area contributed by atoms with Crippen molar-refractivity contribution in [3.63, 3.8) is 0 Å². The Labute approximate surface area is 73.7 Å². The third-order valence-electron chi connectivity index (χ3n) is 2.67. The molecule has 1 rings (SSSR count). The predicted octanol–water partition coefficient (Wildman–Crippen LogP) is 0.890. The van der Waals surface area contributed by atoms with Gasteiger partial charge in [-0.2, -0.15) is 0 Å². The Hall–Kier alpha value is -0.570. The van der Waals surface area contributed by atoms with Crippen molar-refractivity contribution in [2.75, 3.05) is 20.3 Å². The average Bonchev–Trinajstić information content (AvgIpc) is 2.25. The smallest absolute Gasteiger partial charge is 0.223 e. The number of methoxy groups -OCH3 is 1. The quantitative estimate of drug-likeness (QED) is 0.631. The number of amides is 1. The van der Waals surface area contributed by atoms with Gasteiger partial charge in [0.2, 0.25) is 5.91 Å². The van der Waals surface area contributed by atoms with E-state index in [0.29, 0.717) is 25.0 Å². The summed E-state index contributed by atoms with van der Waals surface area (Å²) in [5.74, 6) is 0.765. The molecule has 70 valence electrons. The molecule has 1 aliphatic rings. The molecule has 0 spiro atoms. The highest BCUT2D eigenvalue weighted by Gasteiger charge is 2.32. The number of carbonyl (C=O) groups excluding carboxylic acids is 1. The molecule has 12 heavy (non-hydrogen) atoms. The van der Waals surface area contributed by atoms with Crippen LogP contribution < -0.4 is 0 Å². The fourth-order valence-corrected chi connectivity index (χ4v) is 1.62. The van der Waals surface area contributed by atoms with Gasteiger partial charge in [-0.25, -0.2) is 0 Å². The third-order valence-corrected chi connectivity index (χ3v) is 2.67. The topological polar surface area (TPSA) is 29.5 Å². The Morgan fingerprint density at radius 1 is 1.58 bits per heavy atom. The molecule has 3 heteroatoms. The van der Waals surface area contributed by atoms with Crippen molar-refractivity contribution in [1.29, 1.82) is 0 Å². The molecule has 1 saturated heterocycles. The first-order valence-electron chi connectivity index (χ1n) is 4.45. The van der Waals surface area contributed by atoms with Crippen LogP contribution in [0.5, 0.6) is 0 Å². The van der Waals surface area contributed by atoms with Crippen LogP contribution in [0.1, 0.15) is 20.3 Å². The van der Waals surface area contributed by atoms with Crippen molar-refractivity contribution >= 4 is 5.91 Å². The molecule has 1 fully saturated rings. The van der Waals surface area contributed by atoms with Crippen LogP contribution >= 0.6 is 0 Å². The fraction of sp³-hybridized carbons (Fsp3) is 0.889. The molecular formula is C9H17NO2. The second-order valence-corrected chi connectivity index (χ2v) is 3.50. The van der Waals surface area contributed by atoms with Crippen LogP contribution in [0.4, 0.5) is 0 Å². The van der Waals surface area contributed by atoms with Gasteiger partial charge in [0.05, 0.1) is 6.61 Å². The lowest BCUT2D eigenvalue weighted by atomic mass is 10.1. The molecule has 2 unspecified atom stereocenters. The van der Waals surface area contributed by atoms with E-state index in [1.54, 1.807) is 7.11 Å². The summed E-state index contributed by atoms with van der Waals surface area (Å²) < 4.78 is 4.94. The van der Waals surface area contributed by atoms with Crippen LogP contribution in [-0.2, 0) is 9.53 Å². The summed E-state index contributed by atoms with van der Waals surface area (Å²) in [6.07, 6.45) is 0.699. The summed E-state index contributed by atoms with van der Waals surface area (Å²) in [4.78, 5) is 13.3. The van der Waals surface area contributed by atoms with E-state index >= 15 is 0 Å². The maximum absolute atomic E-state index is 11.4. The van der Waals surface area contributed by atoms with Gasteiger partial charge >= 0.3 is 0 Å². The normalized spacial score (nSPS) is 29.9. The molecule has 1 heterocycles. The summed E-state index contributed by atoms with van der Waals surface area (Å²) in [5.41, 5.74) is 0. The monoisotopic (exact) mass is 171 g/mol. The van der Waals surface area contributed by atoms with Gasteiger partial charge < -0.3 is 9.64 Å². The van der Waals surface area contributed by atoms with Crippen LogP contribution in [0.25, 0.3) is 0 Å². The fourth-order valence-electron chi connectivity index (χ4n) is 1.62. The lowest BCUT2D eigenvalue weighted by Crippen LogP contribution is -2.35. The second kappa shape index (κ2) is 3.90. The van der Waals surface area contributed by atoms with Crippen molar-refractivity contribution in [2.45, 2.75) is 26.3 Å². The molecular weight excluding hydrogens is 154 g/mol. The van der Waals surface area contributed by atoms with E-state index in [1.807, 2.05) is 4.90 Å². The van der Waals surface area contributed by atoms with Gasteiger partial charge in [-0.05, 0) is 12.8 Å². The molecule has 1 amide bonds. The first kappa shape index (κ1) is 9.52. The standard InChI is InChI=1S/C9H17NO2/c1-7-6-9(11)10(8(7)2)4-5-12-3/h7-8H,4-6H2,1-3H3. The SMILES string of the molecule is COCCN1C(=O)CC(C)C1C. The Bertz CT molecular complexity index is 170. The molecule has 0 radical (unpaired) electrons. The zero-order chi connectivity index (χ0) is 9.14. The number of ether oxygens (including phenoxy) is 1. The van der Waals surface area contributed by atoms with Crippen LogP contribution in [-0.4, -0.2) is 37.1 Å². The molecule has 0 bridgehead atoms. The molecule has 0 aromatic heterocycles. The van der Waals surface area contributed by atoms with Crippen molar-refractivity contribution in [1.82, 2.24) is 4.90 Å². The summed E-state index contributed by atoms with van der Waals surface area (Å²) in [6.45, 7) is 5.60. The predicted molar refractivity (Wildman–Crippen MR) is 46.8 cm³/mol. The first-order valence-corrected chi connectivity index (χ1v) is 4.45. The van der Waals surface area contributed by atoms with Crippen molar-refractivity contribution in [2.24, 2.45) is 5.92 Å². The summed E-state index contributed by atoms with van der Waals surface area (Å²) in [7, 11) is 1.66. The summed E-state index contributed by atoms with van der Waals surface area (Å²) in [6, 6.07) is 0.382. The van der Waals surface area contributed by atoms with Gasteiger partial charge in [0.1, 0.15) is 0 Å². The lowest BCUT2D eigenvalue weighted by Gasteiger charge is -2.22. The van der Waals surface area contributed by atoms with E-state index in [-0.39, 0.29) is 5.91 Å². The number of rotatable bonds is 3.